The van der Waals surface area contributed by atoms with E-state index in [4.69, 9.17) is 13.9 Å². The van der Waals surface area contributed by atoms with E-state index in [1.54, 1.807) is 36.1 Å². The van der Waals surface area contributed by atoms with Crippen molar-refractivity contribution >= 4 is 22.8 Å². The molecule has 7 heteroatoms. The molecule has 1 aliphatic heterocycles. The summed E-state index contributed by atoms with van der Waals surface area (Å²) in [5.74, 6) is -0.224. The second-order valence-corrected chi connectivity index (χ2v) is 6.17. The van der Waals surface area contributed by atoms with Crippen molar-refractivity contribution in [1.82, 2.24) is 4.90 Å². The Labute approximate surface area is 150 Å². The molecule has 2 heterocycles. The van der Waals surface area contributed by atoms with Crippen LogP contribution in [0.1, 0.15) is 30.1 Å². The third-order valence-electron chi connectivity index (χ3n) is 4.58. The van der Waals surface area contributed by atoms with E-state index >= 15 is 0 Å². The van der Waals surface area contributed by atoms with Crippen LogP contribution in [-0.2, 0) is 9.53 Å². The number of nitrogens with zero attached hydrogens (tertiary/aromatic N) is 1. The van der Waals surface area contributed by atoms with E-state index < -0.39 is 5.63 Å². The highest BCUT2D eigenvalue weighted by molar-refractivity contribution is 5.97. The maximum Gasteiger partial charge on any atom is 0.349 e. The van der Waals surface area contributed by atoms with Crippen LogP contribution >= 0.6 is 0 Å². The number of carbonyl (C=O) groups excluding carboxylic acids is 2. The van der Waals surface area contributed by atoms with Crippen LogP contribution in [0.4, 0.5) is 0 Å². The third-order valence-corrected chi connectivity index (χ3v) is 4.58. The summed E-state index contributed by atoms with van der Waals surface area (Å²) in [6, 6.07) is 6.62. The summed E-state index contributed by atoms with van der Waals surface area (Å²) in [5, 5.41) is 0.648. The summed E-state index contributed by atoms with van der Waals surface area (Å²) >= 11 is 0. The Kier molecular flexibility index (Phi) is 5.25. The summed E-state index contributed by atoms with van der Waals surface area (Å²) in [6.07, 6.45) is 1.06. The van der Waals surface area contributed by atoms with Crippen LogP contribution in [0.2, 0.25) is 0 Å². The number of hydrogen-bond acceptors (Lipinski definition) is 6. The van der Waals surface area contributed by atoms with Crippen molar-refractivity contribution < 1.29 is 23.5 Å². The maximum absolute atomic E-state index is 12.7. The zero-order chi connectivity index (χ0) is 18.7. The minimum Gasteiger partial charge on any atom is -0.497 e. The van der Waals surface area contributed by atoms with E-state index in [0.29, 0.717) is 49.3 Å². The fourth-order valence-electron chi connectivity index (χ4n) is 3.12. The van der Waals surface area contributed by atoms with E-state index in [-0.39, 0.29) is 23.4 Å². The van der Waals surface area contributed by atoms with Gasteiger partial charge in [0.25, 0.3) is 5.91 Å². The number of benzene rings is 1. The minimum atomic E-state index is -0.678. The van der Waals surface area contributed by atoms with Crippen LogP contribution in [-0.4, -0.2) is 43.6 Å². The first-order valence-electron chi connectivity index (χ1n) is 8.61. The molecule has 0 saturated carbocycles. The zero-order valence-electron chi connectivity index (χ0n) is 14.8. The predicted molar refractivity (Wildman–Crippen MR) is 94.3 cm³/mol. The summed E-state index contributed by atoms with van der Waals surface area (Å²) in [7, 11) is 1.52. The molecule has 1 saturated heterocycles. The lowest BCUT2D eigenvalue weighted by Gasteiger charge is -2.30. The topological polar surface area (TPSA) is 86.1 Å². The lowest BCUT2D eigenvalue weighted by Crippen LogP contribution is -2.42. The number of piperidine rings is 1. The third kappa shape index (κ3) is 3.56. The number of amides is 1. The quantitative estimate of drug-likeness (QED) is 0.615. The van der Waals surface area contributed by atoms with Gasteiger partial charge in [0, 0.05) is 24.5 Å². The molecular weight excluding hydrogens is 338 g/mol. The van der Waals surface area contributed by atoms with Gasteiger partial charge in [0.05, 0.1) is 19.6 Å². The molecule has 0 atom stereocenters. The molecule has 0 spiro atoms. The Morgan fingerprint density at radius 2 is 1.96 bits per heavy atom. The van der Waals surface area contributed by atoms with E-state index in [9.17, 15) is 14.4 Å². The van der Waals surface area contributed by atoms with Gasteiger partial charge in [-0.1, -0.05) is 0 Å². The van der Waals surface area contributed by atoms with Gasteiger partial charge in [-0.15, -0.1) is 0 Å². The van der Waals surface area contributed by atoms with Crippen LogP contribution in [0.3, 0.4) is 0 Å². The Morgan fingerprint density at radius 3 is 2.62 bits per heavy atom. The van der Waals surface area contributed by atoms with Gasteiger partial charge in [0.15, 0.2) is 0 Å². The van der Waals surface area contributed by atoms with E-state index in [2.05, 4.69) is 0 Å². The number of ether oxygens (including phenoxy) is 2. The molecule has 138 valence electrons. The average Bonchev–Trinajstić information content (AvgIpc) is 2.66. The van der Waals surface area contributed by atoms with Crippen molar-refractivity contribution in [2.45, 2.75) is 19.8 Å². The molecule has 1 aromatic heterocycles. The molecule has 1 amide bonds. The molecule has 2 aromatic rings. The van der Waals surface area contributed by atoms with Crippen molar-refractivity contribution in [3.8, 4) is 5.75 Å². The van der Waals surface area contributed by atoms with Crippen LogP contribution in [0, 0.1) is 5.92 Å². The van der Waals surface area contributed by atoms with Crippen molar-refractivity contribution in [3.63, 3.8) is 0 Å². The van der Waals surface area contributed by atoms with Gasteiger partial charge in [-0.2, -0.15) is 0 Å². The van der Waals surface area contributed by atoms with Crippen LogP contribution in [0.5, 0.6) is 5.75 Å². The highest BCUT2D eigenvalue weighted by atomic mass is 16.5. The molecule has 1 aromatic carbocycles. The van der Waals surface area contributed by atoms with Gasteiger partial charge in [0.2, 0.25) is 0 Å². The van der Waals surface area contributed by atoms with Crippen LogP contribution < -0.4 is 10.4 Å². The fourth-order valence-corrected chi connectivity index (χ4v) is 3.12. The summed E-state index contributed by atoms with van der Waals surface area (Å²) < 4.78 is 15.4. The van der Waals surface area contributed by atoms with Crippen molar-refractivity contribution in [3.05, 3.63) is 40.2 Å². The zero-order valence-corrected chi connectivity index (χ0v) is 14.8. The van der Waals surface area contributed by atoms with Gasteiger partial charge >= 0.3 is 11.6 Å². The lowest BCUT2D eigenvalue weighted by molar-refractivity contribution is -0.149. The molecule has 1 fully saturated rings. The Bertz CT molecular complexity index is 879. The number of esters is 1. The van der Waals surface area contributed by atoms with Gasteiger partial charge in [0.1, 0.15) is 16.9 Å². The van der Waals surface area contributed by atoms with Gasteiger partial charge in [-0.25, -0.2) is 4.79 Å². The highest BCUT2D eigenvalue weighted by Crippen LogP contribution is 2.23. The molecule has 7 nitrogen and oxygen atoms in total. The predicted octanol–water partition coefficient (Wildman–Crippen LogP) is 2.22. The number of fused-ring (bicyclic) bond motifs is 1. The molecule has 3 rings (SSSR count). The summed E-state index contributed by atoms with van der Waals surface area (Å²) in [4.78, 5) is 38.3. The van der Waals surface area contributed by atoms with Crippen LogP contribution in [0.25, 0.3) is 11.0 Å². The number of likely N-dealkylation sites (tertiary alicyclic amines) is 1. The molecule has 0 aliphatic carbocycles. The minimum absolute atomic E-state index is 0.00254. The summed E-state index contributed by atoms with van der Waals surface area (Å²) in [5.41, 5.74) is -0.313. The average molecular weight is 359 g/mol. The fraction of sp³-hybridized carbons (Fsp3) is 0.421. The van der Waals surface area contributed by atoms with Crippen molar-refractivity contribution in [2.24, 2.45) is 5.92 Å². The Morgan fingerprint density at radius 1 is 1.23 bits per heavy atom. The Hall–Kier alpha value is -2.83. The lowest BCUT2D eigenvalue weighted by atomic mass is 9.96. The van der Waals surface area contributed by atoms with Gasteiger partial charge in [-0.05, 0) is 38.0 Å². The van der Waals surface area contributed by atoms with Crippen molar-refractivity contribution in [1.29, 1.82) is 0 Å². The molecule has 0 N–H and O–H groups in total. The van der Waals surface area contributed by atoms with Crippen LogP contribution in [0.15, 0.2) is 33.5 Å². The van der Waals surface area contributed by atoms with E-state index in [1.807, 2.05) is 0 Å². The monoisotopic (exact) mass is 359 g/mol. The first kappa shape index (κ1) is 18.0. The number of carbonyl (C=O) groups is 2. The smallest absolute Gasteiger partial charge is 0.349 e. The van der Waals surface area contributed by atoms with E-state index in [1.165, 1.54) is 7.11 Å². The highest BCUT2D eigenvalue weighted by Gasteiger charge is 2.30. The second kappa shape index (κ2) is 7.59. The number of hydrogen-bond donors (Lipinski definition) is 0. The summed E-state index contributed by atoms with van der Waals surface area (Å²) in [6.45, 7) is 2.93. The van der Waals surface area contributed by atoms with Gasteiger partial charge < -0.3 is 18.8 Å². The molecule has 1 aliphatic rings. The maximum atomic E-state index is 12.7. The van der Waals surface area contributed by atoms with E-state index in [0.717, 1.165) is 0 Å². The first-order valence-corrected chi connectivity index (χ1v) is 8.61. The normalized spacial score (nSPS) is 15.1. The van der Waals surface area contributed by atoms with Crippen molar-refractivity contribution in [2.75, 3.05) is 26.8 Å². The molecule has 0 radical (unpaired) electrons. The standard InChI is InChI=1S/C19H21NO6/c1-3-25-18(22)12-6-8-20(9-7-12)17(21)15-10-13-4-5-14(24-2)11-16(13)26-19(15)23/h4-5,10-12H,3,6-9H2,1-2H3. The first-order chi connectivity index (χ1) is 12.5. The molecule has 0 bridgehead atoms. The molecular formula is C19H21NO6. The Balaban J connectivity index is 1.77. The largest absolute Gasteiger partial charge is 0.497 e. The second-order valence-electron chi connectivity index (χ2n) is 6.17. The molecule has 0 unspecified atom stereocenters. The number of methoxy groups -OCH3 is 1. The molecule has 26 heavy (non-hydrogen) atoms. The number of rotatable bonds is 4. The SMILES string of the molecule is CCOC(=O)C1CCN(C(=O)c2cc3ccc(OC)cc3oc2=O)CC1. The van der Waals surface area contributed by atoms with Gasteiger partial charge in [-0.3, -0.25) is 9.59 Å².